The van der Waals surface area contributed by atoms with E-state index in [1.807, 2.05) is 6.08 Å². The van der Waals surface area contributed by atoms with Gasteiger partial charge in [0.15, 0.2) is 0 Å². The van der Waals surface area contributed by atoms with Crippen LogP contribution >= 0.6 is 0 Å². The van der Waals surface area contributed by atoms with E-state index in [2.05, 4.69) is 6.08 Å². The maximum absolute atomic E-state index is 9.63. The summed E-state index contributed by atoms with van der Waals surface area (Å²) >= 11 is 0. The number of rotatable bonds is 0. The number of hydrogen-bond donors (Lipinski definition) is 1. The third-order valence-electron chi connectivity index (χ3n) is 3.97. The predicted molar refractivity (Wildman–Crippen MR) is 43.0 cm³/mol. The highest BCUT2D eigenvalue weighted by Crippen LogP contribution is 2.56. The van der Waals surface area contributed by atoms with Crippen LogP contribution in [-0.2, 0) is 0 Å². The molecule has 1 N–H and O–H groups in total. The predicted octanol–water partition coefficient (Wildman–Crippen LogP) is 1.58. The lowest BCUT2D eigenvalue weighted by Crippen LogP contribution is -2.25. The van der Waals surface area contributed by atoms with E-state index in [0.29, 0.717) is 5.92 Å². The molecule has 0 spiro atoms. The van der Waals surface area contributed by atoms with Crippen molar-refractivity contribution < 1.29 is 5.11 Å². The van der Waals surface area contributed by atoms with Gasteiger partial charge in [0.2, 0.25) is 0 Å². The molecule has 2 saturated carbocycles. The first-order valence-electron chi connectivity index (χ1n) is 4.72. The molecule has 3 aliphatic rings. The molecule has 5 atom stereocenters. The second-order valence-corrected chi connectivity index (χ2v) is 4.36. The second-order valence-electron chi connectivity index (χ2n) is 4.36. The van der Waals surface area contributed by atoms with Crippen LogP contribution in [0.4, 0.5) is 0 Å². The molecule has 0 radical (unpaired) electrons. The Bertz CT molecular complexity index is 209. The number of fused-ring (bicyclic) bond motifs is 5. The van der Waals surface area contributed by atoms with Crippen LogP contribution in [0.25, 0.3) is 0 Å². The molecule has 1 nitrogen and oxygen atoms in total. The molecule has 0 aromatic heterocycles. The molecular weight excluding hydrogens is 136 g/mol. The lowest BCUT2D eigenvalue weighted by molar-refractivity contribution is 0.105. The van der Waals surface area contributed by atoms with Gasteiger partial charge in [-0.3, -0.25) is 0 Å². The topological polar surface area (TPSA) is 20.2 Å². The van der Waals surface area contributed by atoms with Crippen molar-refractivity contribution in [2.24, 2.45) is 23.7 Å². The standard InChI is InChI=1S/C10H14O/c11-9-4-3-8-6-1-2-7(5-6)10(8)9/h3-4,6-11H,1-2,5H2/t6-,7+,8?,9?,10?/m1/s1. The minimum Gasteiger partial charge on any atom is -0.389 e. The minimum absolute atomic E-state index is 0.102. The molecule has 3 rings (SSSR count). The summed E-state index contributed by atoms with van der Waals surface area (Å²) in [5.74, 6) is 3.16. The number of aliphatic hydroxyl groups excluding tert-OH is 1. The molecule has 1 heteroatoms. The number of hydrogen-bond acceptors (Lipinski definition) is 1. The largest absolute Gasteiger partial charge is 0.389 e. The van der Waals surface area contributed by atoms with Gasteiger partial charge in [0, 0.05) is 0 Å². The van der Waals surface area contributed by atoms with E-state index in [1.165, 1.54) is 19.3 Å². The molecule has 0 saturated heterocycles. The van der Waals surface area contributed by atoms with Crippen LogP contribution in [0, 0.1) is 23.7 Å². The average molecular weight is 150 g/mol. The first-order chi connectivity index (χ1) is 5.36. The van der Waals surface area contributed by atoms with E-state index < -0.39 is 0 Å². The van der Waals surface area contributed by atoms with Gasteiger partial charge in [0.25, 0.3) is 0 Å². The van der Waals surface area contributed by atoms with Crippen LogP contribution in [-0.4, -0.2) is 11.2 Å². The van der Waals surface area contributed by atoms with Gasteiger partial charge in [0.05, 0.1) is 6.10 Å². The number of aliphatic hydroxyl groups is 1. The lowest BCUT2D eigenvalue weighted by atomic mass is 9.80. The minimum atomic E-state index is -0.102. The molecular formula is C10H14O. The molecule has 0 aliphatic heterocycles. The summed E-state index contributed by atoms with van der Waals surface area (Å²) < 4.78 is 0. The Morgan fingerprint density at radius 3 is 2.73 bits per heavy atom. The molecule has 11 heavy (non-hydrogen) atoms. The fourth-order valence-corrected chi connectivity index (χ4v) is 3.54. The molecule has 0 heterocycles. The third kappa shape index (κ3) is 0.652. The molecule has 0 aromatic carbocycles. The zero-order chi connectivity index (χ0) is 7.42. The molecule has 0 amide bonds. The van der Waals surface area contributed by atoms with E-state index in [1.54, 1.807) is 0 Å². The summed E-state index contributed by atoms with van der Waals surface area (Å²) in [5.41, 5.74) is 0. The summed E-state index contributed by atoms with van der Waals surface area (Å²) in [6, 6.07) is 0. The fourth-order valence-electron chi connectivity index (χ4n) is 3.54. The van der Waals surface area contributed by atoms with Gasteiger partial charge in [0.1, 0.15) is 0 Å². The van der Waals surface area contributed by atoms with Crippen LogP contribution in [0.2, 0.25) is 0 Å². The highest BCUT2D eigenvalue weighted by molar-refractivity contribution is 5.16. The van der Waals surface area contributed by atoms with Crippen molar-refractivity contribution in [2.75, 3.05) is 0 Å². The van der Waals surface area contributed by atoms with Crippen molar-refractivity contribution in [1.82, 2.24) is 0 Å². The van der Waals surface area contributed by atoms with Gasteiger partial charge in [-0.15, -0.1) is 0 Å². The maximum atomic E-state index is 9.63. The van der Waals surface area contributed by atoms with Crippen molar-refractivity contribution in [3.8, 4) is 0 Å². The average Bonchev–Trinajstić information content (AvgIpc) is 2.60. The zero-order valence-electron chi connectivity index (χ0n) is 6.61. The summed E-state index contributed by atoms with van der Waals surface area (Å²) in [4.78, 5) is 0. The third-order valence-corrected chi connectivity index (χ3v) is 3.97. The lowest BCUT2D eigenvalue weighted by Gasteiger charge is -2.26. The van der Waals surface area contributed by atoms with E-state index in [9.17, 15) is 5.11 Å². The van der Waals surface area contributed by atoms with E-state index >= 15 is 0 Å². The highest BCUT2D eigenvalue weighted by Gasteiger charge is 2.50. The number of allylic oxidation sites excluding steroid dienone is 1. The summed E-state index contributed by atoms with van der Waals surface area (Å²) in [6.07, 6.45) is 8.37. The van der Waals surface area contributed by atoms with Crippen LogP contribution in [0.5, 0.6) is 0 Å². The van der Waals surface area contributed by atoms with Crippen molar-refractivity contribution in [1.29, 1.82) is 0 Å². The van der Waals surface area contributed by atoms with Gasteiger partial charge in [-0.2, -0.15) is 0 Å². The van der Waals surface area contributed by atoms with Gasteiger partial charge in [-0.1, -0.05) is 12.2 Å². The second kappa shape index (κ2) is 1.89. The Morgan fingerprint density at radius 2 is 1.91 bits per heavy atom. The van der Waals surface area contributed by atoms with Gasteiger partial charge in [-0.05, 0) is 42.9 Å². The van der Waals surface area contributed by atoms with Crippen molar-refractivity contribution in [3.05, 3.63) is 12.2 Å². The Labute approximate surface area is 67.1 Å². The van der Waals surface area contributed by atoms with Crippen LogP contribution in [0.1, 0.15) is 19.3 Å². The smallest absolute Gasteiger partial charge is 0.0757 e. The van der Waals surface area contributed by atoms with E-state index in [-0.39, 0.29) is 6.10 Å². The first kappa shape index (κ1) is 6.24. The molecule has 60 valence electrons. The van der Waals surface area contributed by atoms with Crippen LogP contribution in [0.3, 0.4) is 0 Å². The SMILES string of the molecule is OC1C=CC2C1[C@H]1CC[C@@H]2C1. The van der Waals surface area contributed by atoms with E-state index in [4.69, 9.17) is 0 Å². The van der Waals surface area contributed by atoms with Crippen molar-refractivity contribution in [2.45, 2.75) is 25.4 Å². The monoisotopic (exact) mass is 150 g/mol. The van der Waals surface area contributed by atoms with Crippen LogP contribution < -0.4 is 0 Å². The normalized spacial score (nSPS) is 58.8. The van der Waals surface area contributed by atoms with Gasteiger partial charge in [-0.25, -0.2) is 0 Å². The summed E-state index contributed by atoms with van der Waals surface area (Å²) in [6.45, 7) is 0. The van der Waals surface area contributed by atoms with Gasteiger partial charge >= 0.3 is 0 Å². The van der Waals surface area contributed by atoms with Crippen molar-refractivity contribution >= 4 is 0 Å². The molecule has 0 aromatic rings. The Kier molecular flexibility index (Phi) is 1.07. The van der Waals surface area contributed by atoms with Crippen molar-refractivity contribution in [3.63, 3.8) is 0 Å². The molecule has 2 fully saturated rings. The van der Waals surface area contributed by atoms with Gasteiger partial charge < -0.3 is 5.11 Å². The highest BCUT2D eigenvalue weighted by atomic mass is 16.3. The van der Waals surface area contributed by atoms with E-state index in [0.717, 1.165) is 17.8 Å². The molecule has 3 unspecified atom stereocenters. The molecule has 2 bridgehead atoms. The fraction of sp³-hybridized carbons (Fsp3) is 0.800. The Hall–Kier alpha value is -0.300. The quantitative estimate of drug-likeness (QED) is 0.520. The molecule has 3 aliphatic carbocycles. The zero-order valence-corrected chi connectivity index (χ0v) is 6.61. The van der Waals surface area contributed by atoms with Crippen LogP contribution in [0.15, 0.2) is 12.2 Å². The summed E-state index contributed by atoms with van der Waals surface area (Å²) in [5, 5.41) is 9.63. The first-order valence-corrected chi connectivity index (χ1v) is 4.72. The summed E-state index contributed by atoms with van der Waals surface area (Å²) in [7, 11) is 0. The Balaban J connectivity index is 1.96. The maximum Gasteiger partial charge on any atom is 0.0757 e. The Morgan fingerprint density at radius 1 is 1.09 bits per heavy atom.